The van der Waals surface area contributed by atoms with Crippen LogP contribution in [0.5, 0.6) is 5.75 Å². The molecule has 4 nitrogen and oxygen atoms in total. The van der Waals surface area contributed by atoms with Crippen molar-refractivity contribution in [2.75, 3.05) is 5.32 Å². The van der Waals surface area contributed by atoms with Gasteiger partial charge in [0.25, 0.3) is 0 Å². The summed E-state index contributed by atoms with van der Waals surface area (Å²) in [5.41, 5.74) is 3.11. The highest BCUT2D eigenvalue weighted by Crippen LogP contribution is 2.25. The minimum Gasteiger partial charge on any atom is -0.508 e. The largest absolute Gasteiger partial charge is 0.508 e. The van der Waals surface area contributed by atoms with Gasteiger partial charge in [0.05, 0.1) is 5.69 Å². The van der Waals surface area contributed by atoms with Gasteiger partial charge in [-0.2, -0.15) is 0 Å². The molecule has 0 aliphatic carbocycles. The molecule has 4 heteroatoms. The second kappa shape index (κ2) is 6.10. The fourth-order valence-electron chi connectivity index (χ4n) is 1.84. The van der Waals surface area contributed by atoms with E-state index < -0.39 is 6.09 Å². The standard InChI is InChI=1S/C16H17NO3/c1-11-8-12(2)15(18)9-14(11)17-16(19)20-10-13-6-4-3-5-7-13/h3-9,18H,10H2,1-2H3,(H,17,19). The Hall–Kier alpha value is -2.49. The topological polar surface area (TPSA) is 58.6 Å². The number of carbonyl (C=O) groups excluding carboxylic acids is 1. The average molecular weight is 271 g/mol. The molecule has 0 aromatic heterocycles. The average Bonchev–Trinajstić information content (AvgIpc) is 2.44. The van der Waals surface area contributed by atoms with Crippen LogP contribution in [0.3, 0.4) is 0 Å². The van der Waals surface area contributed by atoms with Crippen LogP contribution in [0.4, 0.5) is 10.5 Å². The minimum absolute atomic E-state index is 0.147. The Kier molecular flexibility index (Phi) is 4.25. The second-order valence-corrected chi connectivity index (χ2v) is 4.64. The van der Waals surface area contributed by atoms with Gasteiger partial charge in [-0.05, 0) is 30.5 Å². The number of ether oxygens (including phenoxy) is 1. The van der Waals surface area contributed by atoms with Crippen LogP contribution in [0.15, 0.2) is 42.5 Å². The molecule has 0 saturated carbocycles. The van der Waals surface area contributed by atoms with E-state index in [1.54, 1.807) is 6.92 Å². The summed E-state index contributed by atoms with van der Waals surface area (Å²) >= 11 is 0. The number of phenols is 1. The molecule has 0 radical (unpaired) electrons. The van der Waals surface area contributed by atoms with Gasteiger partial charge in [-0.15, -0.1) is 0 Å². The van der Waals surface area contributed by atoms with Crippen molar-refractivity contribution in [3.8, 4) is 5.75 Å². The molecule has 104 valence electrons. The molecule has 2 aromatic carbocycles. The van der Waals surface area contributed by atoms with Gasteiger partial charge in [-0.1, -0.05) is 36.4 Å². The quantitative estimate of drug-likeness (QED) is 0.893. The molecular formula is C16H17NO3. The van der Waals surface area contributed by atoms with Crippen LogP contribution >= 0.6 is 0 Å². The molecule has 0 spiro atoms. The molecule has 2 N–H and O–H groups in total. The van der Waals surface area contributed by atoms with E-state index in [0.29, 0.717) is 5.69 Å². The highest BCUT2D eigenvalue weighted by atomic mass is 16.5. The van der Waals surface area contributed by atoms with Crippen LogP contribution in [-0.2, 0) is 11.3 Å². The Balaban J connectivity index is 1.97. The number of rotatable bonds is 3. The Morgan fingerprint density at radius 1 is 1.15 bits per heavy atom. The first-order chi connectivity index (χ1) is 9.56. The zero-order valence-electron chi connectivity index (χ0n) is 11.5. The van der Waals surface area contributed by atoms with Crippen LogP contribution in [0.25, 0.3) is 0 Å². The summed E-state index contributed by atoms with van der Waals surface area (Å²) in [6.07, 6.45) is -0.541. The van der Waals surface area contributed by atoms with Crippen molar-refractivity contribution in [2.24, 2.45) is 0 Å². The second-order valence-electron chi connectivity index (χ2n) is 4.64. The van der Waals surface area contributed by atoms with Crippen molar-refractivity contribution in [1.82, 2.24) is 0 Å². The fraction of sp³-hybridized carbons (Fsp3) is 0.188. The Bertz CT molecular complexity index is 609. The number of nitrogens with one attached hydrogen (secondary N) is 1. The van der Waals surface area contributed by atoms with Crippen LogP contribution < -0.4 is 5.32 Å². The maximum absolute atomic E-state index is 11.7. The monoisotopic (exact) mass is 271 g/mol. The van der Waals surface area contributed by atoms with Gasteiger partial charge in [-0.25, -0.2) is 4.79 Å². The molecule has 20 heavy (non-hydrogen) atoms. The molecule has 0 aliphatic rings. The Morgan fingerprint density at radius 3 is 2.55 bits per heavy atom. The molecule has 2 rings (SSSR count). The van der Waals surface area contributed by atoms with Crippen molar-refractivity contribution < 1.29 is 14.6 Å². The van der Waals surface area contributed by atoms with Gasteiger partial charge < -0.3 is 9.84 Å². The molecular weight excluding hydrogens is 254 g/mol. The molecule has 0 heterocycles. The molecule has 0 unspecified atom stereocenters. The summed E-state index contributed by atoms with van der Waals surface area (Å²) in [6, 6.07) is 12.8. The molecule has 0 saturated heterocycles. The summed E-state index contributed by atoms with van der Waals surface area (Å²) < 4.78 is 5.13. The molecule has 0 atom stereocenters. The van der Waals surface area contributed by atoms with Crippen molar-refractivity contribution in [3.05, 3.63) is 59.2 Å². The summed E-state index contributed by atoms with van der Waals surface area (Å²) in [6.45, 7) is 3.88. The highest BCUT2D eigenvalue weighted by Gasteiger charge is 2.08. The lowest BCUT2D eigenvalue weighted by atomic mass is 10.1. The van der Waals surface area contributed by atoms with Gasteiger partial charge in [0.1, 0.15) is 12.4 Å². The number of hydrogen-bond donors (Lipinski definition) is 2. The first-order valence-electron chi connectivity index (χ1n) is 6.34. The number of anilines is 1. The predicted molar refractivity (Wildman–Crippen MR) is 77.8 cm³/mol. The maximum Gasteiger partial charge on any atom is 0.411 e. The van der Waals surface area contributed by atoms with Gasteiger partial charge in [-0.3, -0.25) is 5.32 Å². The normalized spacial score (nSPS) is 10.1. The third kappa shape index (κ3) is 3.51. The van der Waals surface area contributed by atoms with Crippen LogP contribution in [0.1, 0.15) is 16.7 Å². The number of phenolic OH excluding ortho intramolecular Hbond substituents is 1. The summed E-state index contributed by atoms with van der Waals surface area (Å²) in [7, 11) is 0. The maximum atomic E-state index is 11.7. The van der Waals surface area contributed by atoms with Crippen molar-refractivity contribution in [1.29, 1.82) is 0 Å². The molecule has 0 fully saturated rings. The first-order valence-corrected chi connectivity index (χ1v) is 6.34. The van der Waals surface area contributed by atoms with Gasteiger partial charge in [0.2, 0.25) is 0 Å². The zero-order valence-corrected chi connectivity index (χ0v) is 11.5. The van der Waals surface area contributed by atoms with Crippen LogP contribution in [-0.4, -0.2) is 11.2 Å². The van der Waals surface area contributed by atoms with Crippen molar-refractivity contribution in [3.63, 3.8) is 0 Å². The summed E-state index contributed by atoms with van der Waals surface area (Å²) in [5.74, 6) is 0.147. The van der Waals surface area contributed by atoms with E-state index in [2.05, 4.69) is 5.32 Å². The number of aryl methyl sites for hydroxylation is 2. The lowest BCUT2D eigenvalue weighted by Gasteiger charge is -2.11. The number of benzene rings is 2. The third-order valence-electron chi connectivity index (χ3n) is 2.99. The van der Waals surface area contributed by atoms with Crippen molar-refractivity contribution >= 4 is 11.8 Å². The van der Waals surface area contributed by atoms with Crippen LogP contribution in [0.2, 0.25) is 0 Å². The lowest BCUT2D eigenvalue weighted by molar-refractivity contribution is 0.155. The van der Waals surface area contributed by atoms with Gasteiger partial charge >= 0.3 is 6.09 Å². The molecule has 0 aliphatic heterocycles. The number of aromatic hydroxyl groups is 1. The zero-order chi connectivity index (χ0) is 14.5. The highest BCUT2D eigenvalue weighted by molar-refractivity contribution is 5.86. The number of carbonyl (C=O) groups is 1. The Morgan fingerprint density at radius 2 is 1.85 bits per heavy atom. The molecule has 0 bridgehead atoms. The first kappa shape index (κ1) is 13.9. The van der Waals surface area contributed by atoms with E-state index in [1.165, 1.54) is 6.07 Å². The predicted octanol–water partition coefficient (Wildman–Crippen LogP) is 3.76. The van der Waals surface area contributed by atoms with E-state index in [0.717, 1.165) is 16.7 Å². The molecule has 2 aromatic rings. The minimum atomic E-state index is -0.541. The van der Waals surface area contributed by atoms with Crippen molar-refractivity contribution in [2.45, 2.75) is 20.5 Å². The van der Waals surface area contributed by atoms with E-state index in [1.807, 2.05) is 43.3 Å². The Labute approximate surface area is 118 Å². The van der Waals surface area contributed by atoms with E-state index >= 15 is 0 Å². The van der Waals surface area contributed by atoms with Crippen LogP contribution in [0, 0.1) is 13.8 Å². The van der Waals surface area contributed by atoms with Gasteiger partial charge in [0.15, 0.2) is 0 Å². The van der Waals surface area contributed by atoms with E-state index in [-0.39, 0.29) is 12.4 Å². The van der Waals surface area contributed by atoms with Gasteiger partial charge in [0, 0.05) is 6.07 Å². The summed E-state index contributed by atoms with van der Waals surface area (Å²) in [4.78, 5) is 11.7. The van der Waals surface area contributed by atoms with E-state index in [4.69, 9.17) is 4.74 Å². The van der Waals surface area contributed by atoms with E-state index in [9.17, 15) is 9.90 Å². The number of amides is 1. The SMILES string of the molecule is Cc1cc(C)c(NC(=O)OCc2ccccc2)cc1O. The molecule has 1 amide bonds. The third-order valence-corrected chi connectivity index (χ3v) is 2.99. The lowest BCUT2D eigenvalue weighted by Crippen LogP contribution is -2.14. The summed E-state index contributed by atoms with van der Waals surface area (Å²) in [5, 5.41) is 12.3. The smallest absolute Gasteiger partial charge is 0.411 e. The fourth-order valence-corrected chi connectivity index (χ4v) is 1.84. The number of hydrogen-bond acceptors (Lipinski definition) is 3.